The molecule has 8 atom stereocenters. The van der Waals surface area contributed by atoms with Crippen molar-refractivity contribution < 1.29 is 9.59 Å². The second-order valence-electron chi connectivity index (χ2n) is 8.78. The zero-order valence-corrected chi connectivity index (χ0v) is 13.9. The molecule has 3 nitrogen and oxygen atoms in total. The number of rotatable bonds is 0. The van der Waals surface area contributed by atoms with E-state index in [1.165, 1.54) is 24.2 Å². The number of likely N-dealkylation sites (N-methyl/N-ethyl adjacent to an activating group) is 1. The van der Waals surface area contributed by atoms with E-state index in [4.69, 9.17) is 0 Å². The Morgan fingerprint density at radius 2 is 2.13 bits per heavy atom. The maximum Gasteiger partial charge on any atom is 0.111 e. The summed E-state index contributed by atoms with van der Waals surface area (Å²) in [6.45, 7) is 3.39. The Hall–Kier alpha value is -1.32. The molecule has 120 valence electrons. The minimum absolute atomic E-state index is 0.0354. The molecule has 5 bridgehead atoms. The Morgan fingerprint density at radius 1 is 1.30 bits per heavy atom. The van der Waals surface area contributed by atoms with E-state index in [0.29, 0.717) is 30.0 Å². The summed E-state index contributed by atoms with van der Waals surface area (Å²) >= 11 is 0. The van der Waals surface area contributed by atoms with Gasteiger partial charge in [-0.05, 0) is 24.1 Å². The molecule has 5 aliphatic heterocycles. The van der Waals surface area contributed by atoms with Gasteiger partial charge in [-0.1, -0.05) is 24.3 Å². The van der Waals surface area contributed by atoms with Crippen LogP contribution in [0.15, 0.2) is 35.9 Å². The molecular formula is C20H25N2O+. The molecule has 23 heavy (non-hydrogen) atoms. The third kappa shape index (κ3) is 1.14. The van der Waals surface area contributed by atoms with Crippen LogP contribution in [0.1, 0.15) is 25.3 Å². The van der Waals surface area contributed by atoms with Crippen molar-refractivity contribution in [1.82, 2.24) is 0 Å². The fourth-order valence-corrected chi connectivity index (χ4v) is 7.57. The Labute approximate surface area is 137 Å². The van der Waals surface area contributed by atoms with Crippen molar-refractivity contribution >= 4 is 5.69 Å². The van der Waals surface area contributed by atoms with E-state index in [0.717, 1.165) is 10.9 Å². The topological polar surface area (TPSA) is 32.3 Å². The molecule has 0 amide bonds. The van der Waals surface area contributed by atoms with Gasteiger partial charge in [0.2, 0.25) is 0 Å². The van der Waals surface area contributed by atoms with Crippen molar-refractivity contribution in [3.05, 3.63) is 41.5 Å². The molecule has 3 heteroatoms. The molecule has 1 aromatic rings. The molecule has 5 heterocycles. The van der Waals surface area contributed by atoms with Crippen molar-refractivity contribution in [2.24, 2.45) is 11.8 Å². The number of benzene rings is 1. The van der Waals surface area contributed by atoms with Crippen LogP contribution in [0.4, 0.5) is 5.69 Å². The van der Waals surface area contributed by atoms with Crippen LogP contribution in [0.2, 0.25) is 0 Å². The van der Waals surface area contributed by atoms with Crippen LogP contribution in [0.3, 0.4) is 0 Å². The van der Waals surface area contributed by atoms with Gasteiger partial charge in [0.25, 0.3) is 0 Å². The van der Waals surface area contributed by atoms with Gasteiger partial charge in [0.05, 0.1) is 30.7 Å². The summed E-state index contributed by atoms with van der Waals surface area (Å²) in [5.74, 6) is 1.07. The molecule has 7 rings (SSSR count). The van der Waals surface area contributed by atoms with E-state index >= 15 is 0 Å². The van der Waals surface area contributed by atoms with Gasteiger partial charge in [0.1, 0.15) is 12.6 Å². The maximum atomic E-state index is 11.6. The van der Waals surface area contributed by atoms with Crippen molar-refractivity contribution in [2.75, 3.05) is 18.9 Å². The van der Waals surface area contributed by atoms with Crippen LogP contribution < -0.4 is 5.32 Å². The zero-order chi connectivity index (χ0) is 15.6. The number of aliphatic hydroxyl groups excluding tert-OH is 1. The van der Waals surface area contributed by atoms with Crippen LogP contribution in [0.5, 0.6) is 0 Å². The van der Waals surface area contributed by atoms with Gasteiger partial charge in [-0.3, -0.25) is 0 Å². The average molecular weight is 309 g/mol. The molecular weight excluding hydrogens is 284 g/mol. The minimum Gasteiger partial charge on any atom is -0.392 e. The summed E-state index contributed by atoms with van der Waals surface area (Å²) in [7, 11) is 2.47. The normalized spacial score (nSPS) is 55.9. The lowest BCUT2D eigenvalue weighted by molar-refractivity contribution is -0.973. The van der Waals surface area contributed by atoms with E-state index in [2.05, 4.69) is 49.6 Å². The van der Waals surface area contributed by atoms with E-state index in [-0.39, 0.29) is 11.5 Å². The molecule has 1 unspecified atom stereocenters. The lowest BCUT2D eigenvalue weighted by Gasteiger charge is -2.62. The fourth-order valence-electron chi connectivity index (χ4n) is 7.57. The SMILES string of the molecule is C/C=C1/C[N+]2(C)[C@H]3C[C@@]45c6ccccc6N[C@H]4[C@@H]2C[C@@H]1[C@@H]3[C@H]5O. The number of nitrogens with one attached hydrogen (secondary N) is 1. The van der Waals surface area contributed by atoms with Crippen LogP contribution >= 0.6 is 0 Å². The van der Waals surface area contributed by atoms with Gasteiger partial charge in [-0.2, -0.15) is 0 Å². The van der Waals surface area contributed by atoms with Gasteiger partial charge < -0.3 is 14.9 Å². The number of fused-ring (bicyclic) bond motifs is 2. The van der Waals surface area contributed by atoms with Gasteiger partial charge in [-0.15, -0.1) is 0 Å². The Morgan fingerprint density at radius 3 is 2.96 bits per heavy atom. The first-order chi connectivity index (χ1) is 11.1. The fraction of sp³-hybridized carbons (Fsp3) is 0.600. The van der Waals surface area contributed by atoms with Gasteiger partial charge in [-0.25, -0.2) is 0 Å². The summed E-state index contributed by atoms with van der Waals surface area (Å²) in [6.07, 6.45) is 4.56. The number of anilines is 1. The number of piperidine rings is 4. The van der Waals surface area contributed by atoms with Crippen LogP contribution in [0.25, 0.3) is 0 Å². The second-order valence-corrected chi connectivity index (χ2v) is 8.78. The number of quaternary nitrogens is 1. The molecule has 1 aliphatic carbocycles. The lowest BCUT2D eigenvalue weighted by atomic mass is 9.64. The molecule has 6 aliphatic rings. The molecule has 1 spiro atoms. The summed E-state index contributed by atoms with van der Waals surface area (Å²) in [6, 6.07) is 10.4. The summed E-state index contributed by atoms with van der Waals surface area (Å²) in [5.41, 5.74) is 4.24. The number of nitrogens with zero attached hydrogens (tertiary/aromatic N) is 1. The van der Waals surface area contributed by atoms with Crippen molar-refractivity contribution in [3.63, 3.8) is 0 Å². The number of para-hydroxylation sites is 1. The lowest BCUT2D eigenvalue weighted by Crippen LogP contribution is -2.75. The predicted molar refractivity (Wildman–Crippen MR) is 90.1 cm³/mol. The highest BCUT2D eigenvalue weighted by Crippen LogP contribution is 2.68. The third-order valence-electron chi connectivity index (χ3n) is 8.41. The van der Waals surface area contributed by atoms with E-state index in [1.54, 1.807) is 5.57 Å². The molecule has 1 aromatic carbocycles. The largest absolute Gasteiger partial charge is 0.392 e. The van der Waals surface area contributed by atoms with Gasteiger partial charge >= 0.3 is 0 Å². The Balaban J connectivity index is 1.63. The maximum absolute atomic E-state index is 11.6. The van der Waals surface area contributed by atoms with E-state index < -0.39 is 0 Å². The quantitative estimate of drug-likeness (QED) is 0.569. The number of hydrogen-bond acceptors (Lipinski definition) is 2. The molecule has 0 aromatic heterocycles. The molecule has 0 radical (unpaired) electrons. The first kappa shape index (κ1) is 13.0. The number of allylic oxidation sites excluding steroid dienone is 1. The van der Waals surface area contributed by atoms with Gasteiger partial charge in [0, 0.05) is 30.4 Å². The van der Waals surface area contributed by atoms with Crippen LogP contribution in [-0.4, -0.2) is 47.4 Å². The predicted octanol–water partition coefficient (Wildman–Crippen LogP) is 2.28. The van der Waals surface area contributed by atoms with Crippen molar-refractivity contribution in [3.8, 4) is 0 Å². The van der Waals surface area contributed by atoms with Crippen LogP contribution in [-0.2, 0) is 5.41 Å². The van der Waals surface area contributed by atoms with Gasteiger partial charge in [0.15, 0.2) is 0 Å². The van der Waals surface area contributed by atoms with E-state index in [9.17, 15) is 5.11 Å². The standard InChI is InChI=1S/C20H25N2O/c1-3-11-10-22(2)15-8-12(11)17-16(22)9-20(19(17)23)13-6-4-5-7-14(13)21-18(15)20/h3-7,12,15-19,21,23H,8-10H2,1-2H3/q+1/b11-3-/t12-,15-,16-,17-,18-,19+,20+,22?/m0/s1. The van der Waals surface area contributed by atoms with Crippen molar-refractivity contribution in [1.29, 1.82) is 0 Å². The second kappa shape index (κ2) is 3.68. The molecule has 4 saturated heterocycles. The highest BCUT2D eigenvalue weighted by Gasteiger charge is 2.78. The highest BCUT2D eigenvalue weighted by atomic mass is 16.3. The monoisotopic (exact) mass is 309 g/mol. The van der Waals surface area contributed by atoms with Crippen LogP contribution in [0, 0.1) is 11.8 Å². The molecule has 2 N–H and O–H groups in total. The van der Waals surface area contributed by atoms with E-state index in [1.807, 2.05) is 0 Å². The smallest absolute Gasteiger partial charge is 0.111 e. The zero-order valence-electron chi connectivity index (χ0n) is 13.9. The first-order valence-corrected chi connectivity index (χ1v) is 9.15. The first-order valence-electron chi connectivity index (χ1n) is 9.15. The summed E-state index contributed by atoms with van der Waals surface area (Å²) < 4.78 is 1.16. The number of hydrogen-bond donors (Lipinski definition) is 2. The Kier molecular flexibility index (Phi) is 2.08. The Bertz CT molecular complexity index is 758. The summed E-state index contributed by atoms with van der Waals surface area (Å²) in [5, 5.41) is 15.4. The van der Waals surface area contributed by atoms with Crippen molar-refractivity contribution in [2.45, 2.75) is 49.4 Å². The highest BCUT2D eigenvalue weighted by molar-refractivity contribution is 5.65. The number of aliphatic hydroxyl groups is 1. The summed E-state index contributed by atoms with van der Waals surface area (Å²) in [4.78, 5) is 0. The molecule has 5 fully saturated rings. The third-order valence-corrected chi connectivity index (χ3v) is 8.41. The minimum atomic E-state index is -0.196. The molecule has 1 saturated carbocycles. The average Bonchev–Trinajstić information content (AvgIpc) is 3.02.